The van der Waals surface area contributed by atoms with Crippen molar-refractivity contribution >= 4 is 0 Å². The Bertz CT molecular complexity index is 289. The van der Waals surface area contributed by atoms with Gasteiger partial charge in [0.15, 0.2) is 0 Å². The van der Waals surface area contributed by atoms with Crippen molar-refractivity contribution in [3.8, 4) is 0 Å². The zero-order valence-electron chi connectivity index (χ0n) is 15.9. The number of hydrogen-bond donors (Lipinski definition) is 4. The lowest BCUT2D eigenvalue weighted by Crippen LogP contribution is -2.50. The van der Waals surface area contributed by atoms with Crippen LogP contribution in [0.2, 0.25) is 0 Å². The smallest absolute Gasteiger partial charge is 0.0599 e. The van der Waals surface area contributed by atoms with Gasteiger partial charge in [-0.15, -0.1) is 0 Å². The summed E-state index contributed by atoms with van der Waals surface area (Å²) >= 11 is 0. The Kier molecular flexibility index (Phi) is 9.79. The highest BCUT2D eigenvalue weighted by Gasteiger charge is 2.28. The molecule has 4 heteroatoms. The van der Waals surface area contributed by atoms with E-state index < -0.39 is 0 Å². The van der Waals surface area contributed by atoms with Crippen LogP contribution in [-0.4, -0.2) is 25.8 Å². The highest BCUT2D eigenvalue weighted by molar-refractivity contribution is 4.82. The Balaban J connectivity index is 4.23. The van der Waals surface area contributed by atoms with Crippen LogP contribution in [0.5, 0.6) is 0 Å². The second-order valence-electron chi connectivity index (χ2n) is 8.77. The summed E-state index contributed by atoms with van der Waals surface area (Å²) in [6.07, 6.45) is 4.48. The van der Waals surface area contributed by atoms with Gasteiger partial charge in [0, 0.05) is 0 Å². The zero-order chi connectivity index (χ0) is 17.4. The summed E-state index contributed by atoms with van der Waals surface area (Å²) in [5.41, 5.74) is 18.2. The number of nitrogens with two attached hydrogens (primary N) is 3. The predicted octanol–water partition coefficient (Wildman–Crippen LogP) is 2.66. The Morgan fingerprint density at radius 3 is 2.05 bits per heavy atom. The van der Waals surface area contributed by atoms with Crippen molar-refractivity contribution < 1.29 is 0 Å². The van der Waals surface area contributed by atoms with Gasteiger partial charge in [-0.2, -0.15) is 0 Å². The molecule has 0 saturated carbocycles. The van der Waals surface area contributed by atoms with Gasteiger partial charge in [0.2, 0.25) is 0 Å². The Morgan fingerprint density at radius 2 is 1.55 bits per heavy atom. The molecule has 0 aromatic rings. The Morgan fingerprint density at radius 1 is 0.955 bits per heavy atom. The SMILES string of the molecule is CC(CN)CC(C)(C)CCNC(N)C(C)(C)CC(C)CCN. The van der Waals surface area contributed by atoms with Crippen LogP contribution in [0.25, 0.3) is 0 Å². The minimum absolute atomic E-state index is 0.0236. The van der Waals surface area contributed by atoms with Crippen LogP contribution in [0.1, 0.15) is 67.2 Å². The van der Waals surface area contributed by atoms with Gasteiger partial charge in [-0.1, -0.05) is 41.5 Å². The van der Waals surface area contributed by atoms with Crippen LogP contribution in [0.3, 0.4) is 0 Å². The highest BCUT2D eigenvalue weighted by Crippen LogP contribution is 2.30. The first-order valence-electron chi connectivity index (χ1n) is 8.93. The van der Waals surface area contributed by atoms with Gasteiger partial charge in [-0.3, -0.25) is 0 Å². The third kappa shape index (κ3) is 9.09. The van der Waals surface area contributed by atoms with Crippen molar-refractivity contribution in [3.63, 3.8) is 0 Å². The number of nitrogens with one attached hydrogen (secondary N) is 1. The summed E-state index contributed by atoms with van der Waals surface area (Å²) < 4.78 is 0. The van der Waals surface area contributed by atoms with Gasteiger partial charge in [-0.25, -0.2) is 0 Å². The van der Waals surface area contributed by atoms with Gasteiger partial charge in [-0.05, 0) is 68.0 Å². The van der Waals surface area contributed by atoms with E-state index in [-0.39, 0.29) is 11.6 Å². The summed E-state index contributed by atoms with van der Waals surface area (Å²) in [5, 5.41) is 3.53. The third-order valence-electron chi connectivity index (χ3n) is 4.85. The largest absolute Gasteiger partial charge is 0.330 e. The van der Waals surface area contributed by atoms with Crippen LogP contribution in [0, 0.1) is 22.7 Å². The fourth-order valence-electron chi connectivity index (χ4n) is 3.38. The quantitative estimate of drug-likeness (QED) is 0.417. The van der Waals surface area contributed by atoms with Crippen LogP contribution in [0.4, 0.5) is 0 Å². The Labute approximate surface area is 139 Å². The lowest BCUT2D eigenvalue weighted by molar-refractivity contribution is 0.180. The van der Waals surface area contributed by atoms with Crippen LogP contribution in [-0.2, 0) is 0 Å². The second kappa shape index (κ2) is 9.86. The lowest BCUT2D eigenvalue weighted by Gasteiger charge is -2.36. The summed E-state index contributed by atoms with van der Waals surface area (Å²) in [6, 6.07) is 0. The molecule has 7 N–H and O–H groups in total. The summed E-state index contributed by atoms with van der Waals surface area (Å²) in [4.78, 5) is 0. The normalized spacial score (nSPS) is 17.3. The van der Waals surface area contributed by atoms with Gasteiger partial charge in [0.1, 0.15) is 0 Å². The maximum Gasteiger partial charge on any atom is 0.0599 e. The number of hydrogen-bond acceptors (Lipinski definition) is 4. The first-order chi connectivity index (χ1) is 10.0. The molecule has 0 aliphatic carbocycles. The van der Waals surface area contributed by atoms with E-state index >= 15 is 0 Å². The maximum absolute atomic E-state index is 6.39. The van der Waals surface area contributed by atoms with Crippen molar-refractivity contribution in [1.29, 1.82) is 0 Å². The Hall–Kier alpha value is -0.160. The molecule has 0 aromatic carbocycles. The summed E-state index contributed by atoms with van der Waals surface area (Å²) in [5.74, 6) is 1.20. The number of rotatable bonds is 12. The molecule has 4 nitrogen and oxygen atoms in total. The minimum Gasteiger partial charge on any atom is -0.330 e. The molecule has 0 bridgehead atoms. The first kappa shape index (κ1) is 21.8. The molecular weight excluding hydrogens is 272 g/mol. The molecule has 0 amide bonds. The third-order valence-corrected chi connectivity index (χ3v) is 4.85. The minimum atomic E-state index is 0.0236. The molecule has 22 heavy (non-hydrogen) atoms. The fourth-order valence-corrected chi connectivity index (χ4v) is 3.38. The van der Waals surface area contributed by atoms with Gasteiger partial charge in [0.05, 0.1) is 6.17 Å². The molecule has 0 aromatic heterocycles. The topological polar surface area (TPSA) is 90.1 Å². The molecular formula is C18H42N4. The van der Waals surface area contributed by atoms with Crippen molar-refractivity contribution in [1.82, 2.24) is 5.32 Å². The maximum atomic E-state index is 6.39. The molecule has 0 aliphatic heterocycles. The van der Waals surface area contributed by atoms with E-state index in [0.29, 0.717) is 17.3 Å². The van der Waals surface area contributed by atoms with Crippen molar-refractivity contribution in [2.75, 3.05) is 19.6 Å². The molecule has 0 saturated heterocycles. The molecule has 0 rings (SSSR count). The second-order valence-corrected chi connectivity index (χ2v) is 8.77. The van der Waals surface area contributed by atoms with E-state index in [2.05, 4.69) is 46.9 Å². The molecule has 134 valence electrons. The van der Waals surface area contributed by atoms with E-state index in [0.717, 1.165) is 45.3 Å². The fraction of sp³-hybridized carbons (Fsp3) is 1.00. The van der Waals surface area contributed by atoms with E-state index in [1.54, 1.807) is 0 Å². The van der Waals surface area contributed by atoms with Crippen molar-refractivity contribution in [2.45, 2.75) is 73.4 Å². The summed E-state index contributed by atoms with van der Waals surface area (Å²) in [7, 11) is 0. The molecule has 3 atom stereocenters. The molecule has 0 spiro atoms. The molecule has 0 aliphatic rings. The molecule has 0 fully saturated rings. The average molecular weight is 315 g/mol. The molecule has 0 heterocycles. The van der Waals surface area contributed by atoms with E-state index in [9.17, 15) is 0 Å². The van der Waals surface area contributed by atoms with Gasteiger partial charge >= 0.3 is 0 Å². The van der Waals surface area contributed by atoms with E-state index in [1.165, 1.54) is 0 Å². The van der Waals surface area contributed by atoms with Crippen molar-refractivity contribution in [3.05, 3.63) is 0 Å². The van der Waals surface area contributed by atoms with E-state index in [1.807, 2.05) is 0 Å². The molecule has 0 radical (unpaired) electrons. The average Bonchev–Trinajstić information content (AvgIpc) is 2.37. The monoisotopic (exact) mass is 314 g/mol. The first-order valence-corrected chi connectivity index (χ1v) is 8.93. The standard InChI is InChI=1S/C18H42N4/c1-14(7-9-19)12-18(5,6)16(21)22-10-8-17(3,4)11-15(2)13-20/h14-16,22H,7-13,19-21H2,1-6H3. The van der Waals surface area contributed by atoms with Crippen LogP contribution in [0.15, 0.2) is 0 Å². The van der Waals surface area contributed by atoms with Crippen LogP contribution < -0.4 is 22.5 Å². The van der Waals surface area contributed by atoms with E-state index in [4.69, 9.17) is 17.2 Å². The predicted molar refractivity (Wildman–Crippen MR) is 98.4 cm³/mol. The summed E-state index contributed by atoms with van der Waals surface area (Å²) in [6.45, 7) is 16.1. The van der Waals surface area contributed by atoms with Crippen LogP contribution >= 0.6 is 0 Å². The lowest BCUT2D eigenvalue weighted by atomic mass is 9.78. The zero-order valence-corrected chi connectivity index (χ0v) is 15.9. The molecule has 3 unspecified atom stereocenters. The highest BCUT2D eigenvalue weighted by atomic mass is 15.0. The van der Waals surface area contributed by atoms with Gasteiger partial charge in [0.25, 0.3) is 0 Å². The van der Waals surface area contributed by atoms with Gasteiger partial charge < -0.3 is 22.5 Å². The van der Waals surface area contributed by atoms with Crippen molar-refractivity contribution in [2.24, 2.45) is 39.9 Å².